The van der Waals surface area contributed by atoms with E-state index in [-0.39, 0.29) is 24.8 Å². The molecule has 2 aliphatic heterocycles. The van der Waals surface area contributed by atoms with Gasteiger partial charge in [-0.2, -0.15) is 0 Å². The van der Waals surface area contributed by atoms with Crippen molar-refractivity contribution >= 4 is 23.4 Å². The van der Waals surface area contributed by atoms with Crippen LogP contribution in [0.2, 0.25) is 0 Å². The minimum atomic E-state index is -0.474. The van der Waals surface area contributed by atoms with Crippen molar-refractivity contribution in [1.29, 1.82) is 0 Å². The summed E-state index contributed by atoms with van der Waals surface area (Å²) in [7, 11) is 0. The number of imide groups is 1. The molecule has 1 aromatic carbocycles. The number of aliphatic hydroxyl groups excluding tert-OH is 1. The van der Waals surface area contributed by atoms with Crippen LogP contribution in [0.3, 0.4) is 0 Å². The molecule has 0 radical (unpaired) electrons. The van der Waals surface area contributed by atoms with Crippen LogP contribution in [-0.2, 0) is 9.59 Å². The molecule has 0 spiro atoms. The van der Waals surface area contributed by atoms with E-state index >= 15 is 0 Å². The van der Waals surface area contributed by atoms with Crippen LogP contribution < -0.4 is 10.6 Å². The number of hydrogen-bond donors (Lipinski definition) is 3. The van der Waals surface area contributed by atoms with Gasteiger partial charge in [-0.3, -0.25) is 19.3 Å². The van der Waals surface area contributed by atoms with Gasteiger partial charge in [0.15, 0.2) is 0 Å². The van der Waals surface area contributed by atoms with Gasteiger partial charge < -0.3 is 20.6 Å². The molecule has 3 rings (SSSR count). The summed E-state index contributed by atoms with van der Waals surface area (Å²) in [5, 5.41) is 14.7. The fourth-order valence-electron chi connectivity index (χ4n) is 3.38. The lowest BCUT2D eigenvalue weighted by Crippen LogP contribution is -2.37. The Morgan fingerprint density at radius 2 is 1.75 bits per heavy atom. The standard InChI is InChI=1S/C20H26N4O4/c25-13-12-24-18(26)14-17(20(24)28)22-16-6-4-15(5-7-16)19(27)21-8-11-23-9-2-1-3-10-23/h4-7,14,22,25H,1-3,8-13H2,(H,21,27). The van der Waals surface area contributed by atoms with Crippen molar-refractivity contribution < 1.29 is 19.5 Å². The van der Waals surface area contributed by atoms with E-state index in [9.17, 15) is 14.4 Å². The molecule has 0 bridgehead atoms. The summed E-state index contributed by atoms with van der Waals surface area (Å²) >= 11 is 0. The number of piperidine rings is 1. The van der Waals surface area contributed by atoms with Gasteiger partial charge in [0.1, 0.15) is 5.70 Å². The van der Waals surface area contributed by atoms with Crippen LogP contribution in [0.5, 0.6) is 0 Å². The lowest BCUT2D eigenvalue weighted by atomic mass is 10.1. The summed E-state index contributed by atoms with van der Waals surface area (Å²) in [5.74, 6) is -1.06. The summed E-state index contributed by atoms with van der Waals surface area (Å²) in [6.07, 6.45) is 4.95. The zero-order chi connectivity index (χ0) is 19.9. The Hall–Kier alpha value is -2.71. The molecule has 150 valence electrons. The molecule has 0 aliphatic carbocycles. The number of carbonyl (C=O) groups is 3. The Kier molecular flexibility index (Phi) is 6.78. The van der Waals surface area contributed by atoms with Gasteiger partial charge >= 0.3 is 0 Å². The monoisotopic (exact) mass is 386 g/mol. The zero-order valence-corrected chi connectivity index (χ0v) is 15.8. The number of nitrogens with one attached hydrogen (secondary N) is 2. The van der Waals surface area contributed by atoms with Crippen molar-refractivity contribution in [1.82, 2.24) is 15.1 Å². The molecule has 2 aliphatic rings. The van der Waals surface area contributed by atoms with Crippen molar-refractivity contribution in [3.05, 3.63) is 41.6 Å². The topological polar surface area (TPSA) is 102 Å². The number of anilines is 1. The molecule has 0 aromatic heterocycles. The van der Waals surface area contributed by atoms with Crippen molar-refractivity contribution in [3.63, 3.8) is 0 Å². The maximum Gasteiger partial charge on any atom is 0.277 e. The van der Waals surface area contributed by atoms with Gasteiger partial charge in [0.05, 0.1) is 13.2 Å². The number of carbonyl (C=O) groups excluding carboxylic acids is 3. The number of aliphatic hydroxyl groups is 1. The number of nitrogens with zero attached hydrogens (tertiary/aromatic N) is 2. The van der Waals surface area contributed by atoms with Crippen molar-refractivity contribution in [2.45, 2.75) is 19.3 Å². The molecule has 3 amide bonds. The molecule has 1 saturated heterocycles. The highest BCUT2D eigenvalue weighted by atomic mass is 16.3. The van der Waals surface area contributed by atoms with Gasteiger partial charge in [0.25, 0.3) is 17.7 Å². The molecule has 28 heavy (non-hydrogen) atoms. The van der Waals surface area contributed by atoms with E-state index in [1.807, 2.05) is 0 Å². The molecular weight excluding hydrogens is 360 g/mol. The highest BCUT2D eigenvalue weighted by Crippen LogP contribution is 2.17. The summed E-state index contributed by atoms with van der Waals surface area (Å²) in [6, 6.07) is 6.72. The summed E-state index contributed by atoms with van der Waals surface area (Å²) in [6.45, 7) is 3.37. The zero-order valence-electron chi connectivity index (χ0n) is 15.8. The first-order valence-electron chi connectivity index (χ1n) is 9.64. The highest BCUT2D eigenvalue weighted by Gasteiger charge is 2.30. The maximum absolute atomic E-state index is 12.3. The fourth-order valence-corrected chi connectivity index (χ4v) is 3.38. The minimum Gasteiger partial charge on any atom is -0.395 e. The van der Waals surface area contributed by atoms with E-state index in [1.165, 1.54) is 25.3 Å². The second-order valence-corrected chi connectivity index (χ2v) is 6.94. The Morgan fingerprint density at radius 3 is 2.43 bits per heavy atom. The Bertz CT molecular complexity index is 754. The quantitative estimate of drug-likeness (QED) is 0.565. The van der Waals surface area contributed by atoms with E-state index in [4.69, 9.17) is 5.11 Å². The Morgan fingerprint density at radius 1 is 1.04 bits per heavy atom. The van der Waals surface area contributed by atoms with Gasteiger partial charge in [-0.25, -0.2) is 0 Å². The summed E-state index contributed by atoms with van der Waals surface area (Å²) in [5.41, 5.74) is 1.29. The van der Waals surface area contributed by atoms with Crippen molar-refractivity contribution in [3.8, 4) is 0 Å². The molecule has 3 N–H and O–H groups in total. The molecule has 0 saturated carbocycles. The first-order chi connectivity index (χ1) is 13.6. The molecule has 1 fully saturated rings. The van der Waals surface area contributed by atoms with E-state index in [0.29, 0.717) is 17.8 Å². The van der Waals surface area contributed by atoms with Crippen LogP contribution in [0.15, 0.2) is 36.0 Å². The molecule has 0 unspecified atom stereocenters. The fraction of sp³-hybridized carbons (Fsp3) is 0.450. The average molecular weight is 386 g/mol. The van der Waals surface area contributed by atoms with E-state index in [1.54, 1.807) is 24.3 Å². The van der Waals surface area contributed by atoms with Gasteiger partial charge in [-0.05, 0) is 50.2 Å². The number of β-amino-alcohol motifs (C(OH)–C–C–N with tert-alkyl or cyclic N) is 1. The second kappa shape index (κ2) is 9.48. The SMILES string of the molecule is O=C(NCCN1CCCCC1)c1ccc(NC2=CC(=O)N(CCO)C2=O)cc1. The average Bonchev–Trinajstić information content (AvgIpc) is 2.97. The van der Waals surface area contributed by atoms with Gasteiger partial charge in [0, 0.05) is 30.4 Å². The van der Waals surface area contributed by atoms with Crippen LogP contribution in [-0.4, -0.2) is 72.0 Å². The number of likely N-dealkylation sites (tertiary alicyclic amines) is 1. The minimum absolute atomic E-state index is 0.0319. The number of benzene rings is 1. The third kappa shape index (κ3) is 4.96. The van der Waals surface area contributed by atoms with Crippen LogP contribution in [0.25, 0.3) is 0 Å². The van der Waals surface area contributed by atoms with Crippen molar-refractivity contribution in [2.75, 3.05) is 44.6 Å². The van der Waals surface area contributed by atoms with Crippen LogP contribution in [0.1, 0.15) is 29.6 Å². The molecule has 1 aromatic rings. The molecule has 8 heteroatoms. The lowest BCUT2D eigenvalue weighted by molar-refractivity contribution is -0.137. The Balaban J connectivity index is 1.49. The number of hydrogen-bond acceptors (Lipinski definition) is 6. The second-order valence-electron chi connectivity index (χ2n) is 6.94. The largest absolute Gasteiger partial charge is 0.395 e. The summed E-state index contributed by atoms with van der Waals surface area (Å²) < 4.78 is 0. The number of rotatable bonds is 8. The molecule has 2 heterocycles. The van der Waals surface area contributed by atoms with Gasteiger partial charge in [-0.15, -0.1) is 0 Å². The smallest absolute Gasteiger partial charge is 0.277 e. The third-order valence-electron chi connectivity index (χ3n) is 4.92. The van der Waals surface area contributed by atoms with Gasteiger partial charge in [0.2, 0.25) is 0 Å². The highest BCUT2D eigenvalue weighted by molar-refractivity contribution is 6.17. The number of amides is 3. The van der Waals surface area contributed by atoms with Crippen LogP contribution in [0.4, 0.5) is 5.69 Å². The van der Waals surface area contributed by atoms with E-state index in [2.05, 4.69) is 15.5 Å². The van der Waals surface area contributed by atoms with Gasteiger partial charge in [-0.1, -0.05) is 6.42 Å². The first kappa shape index (κ1) is 20.0. The third-order valence-corrected chi connectivity index (χ3v) is 4.92. The first-order valence-corrected chi connectivity index (χ1v) is 9.64. The normalized spacial score (nSPS) is 17.6. The molecule has 8 nitrogen and oxygen atoms in total. The maximum atomic E-state index is 12.3. The van der Waals surface area contributed by atoms with E-state index < -0.39 is 11.8 Å². The lowest BCUT2D eigenvalue weighted by Gasteiger charge is -2.26. The van der Waals surface area contributed by atoms with E-state index in [0.717, 1.165) is 24.5 Å². The van der Waals surface area contributed by atoms with Crippen LogP contribution >= 0.6 is 0 Å². The molecular formula is C20H26N4O4. The summed E-state index contributed by atoms with van der Waals surface area (Å²) in [4.78, 5) is 39.5. The van der Waals surface area contributed by atoms with Crippen LogP contribution in [0, 0.1) is 0 Å². The predicted octanol–water partition coefficient (Wildman–Crippen LogP) is 0.559. The molecule has 0 atom stereocenters. The Labute approximate surface area is 164 Å². The predicted molar refractivity (Wildman–Crippen MR) is 105 cm³/mol. The van der Waals surface area contributed by atoms with Crippen molar-refractivity contribution in [2.24, 2.45) is 0 Å².